The second-order valence-corrected chi connectivity index (χ2v) is 6.42. The summed E-state index contributed by atoms with van der Waals surface area (Å²) in [6.45, 7) is 6.13. The Bertz CT molecular complexity index is 820. The van der Waals surface area contributed by atoms with Crippen LogP contribution in [0.1, 0.15) is 25.2 Å². The summed E-state index contributed by atoms with van der Waals surface area (Å²) in [4.78, 5) is 30.9. The Morgan fingerprint density at radius 2 is 1.87 bits per heavy atom. The fourth-order valence-corrected chi connectivity index (χ4v) is 2.73. The van der Waals surface area contributed by atoms with Crippen molar-refractivity contribution in [1.29, 1.82) is 0 Å². The standard InChI is InChI=1S/C20H27N5O4.HI/c1-4-24(5-2)19(26)15-23(3)20(22-14-18-7-6-12-29-18)21-13-16-8-10-17(11-9-16)25(27)28;/h6-12H,4-5,13-15H2,1-3H3,(H,21,22);1H. The predicted molar refractivity (Wildman–Crippen MR) is 126 cm³/mol. The van der Waals surface area contributed by atoms with E-state index in [-0.39, 0.29) is 42.1 Å². The molecule has 1 aromatic heterocycles. The predicted octanol–water partition coefficient (Wildman–Crippen LogP) is 3.25. The molecular weight excluding hydrogens is 501 g/mol. The zero-order valence-corrected chi connectivity index (χ0v) is 19.7. The van der Waals surface area contributed by atoms with Crippen molar-refractivity contribution in [2.45, 2.75) is 26.9 Å². The molecule has 0 aliphatic heterocycles. The average molecular weight is 529 g/mol. The van der Waals surface area contributed by atoms with Crippen molar-refractivity contribution in [3.8, 4) is 0 Å². The van der Waals surface area contributed by atoms with Crippen molar-refractivity contribution in [3.05, 3.63) is 64.1 Å². The number of nitro groups is 1. The number of nitro benzene ring substituents is 1. The maximum absolute atomic E-state index is 12.4. The molecule has 0 bridgehead atoms. The van der Waals surface area contributed by atoms with E-state index in [1.165, 1.54) is 12.1 Å². The van der Waals surface area contributed by atoms with Gasteiger partial charge in [-0.15, -0.1) is 24.0 Å². The number of carbonyl (C=O) groups excluding carboxylic acids is 1. The molecule has 1 N–H and O–H groups in total. The summed E-state index contributed by atoms with van der Waals surface area (Å²) in [6.07, 6.45) is 1.60. The number of rotatable bonds is 9. The third-order valence-electron chi connectivity index (χ3n) is 4.41. The summed E-state index contributed by atoms with van der Waals surface area (Å²) >= 11 is 0. The number of carbonyl (C=O) groups is 1. The SMILES string of the molecule is CCN(CC)C(=O)CN(C)C(=NCc1ccc([N+](=O)[O-])cc1)NCc1ccco1.I. The summed E-state index contributed by atoms with van der Waals surface area (Å²) in [5.41, 5.74) is 0.868. The van der Waals surface area contributed by atoms with E-state index >= 15 is 0 Å². The molecule has 0 atom stereocenters. The van der Waals surface area contributed by atoms with E-state index in [0.717, 1.165) is 11.3 Å². The van der Waals surface area contributed by atoms with Gasteiger partial charge in [0.05, 0.1) is 30.8 Å². The zero-order valence-electron chi connectivity index (χ0n) is 17.4. The van der Waals surface area contributed by atoms with Crippen LogP contribution < -0.4 is 5.32 Å². The smallest absolute Gasteiger partial charge is 0.269 e. The largest absolute Gasteiger partial charge is 0.467 e. The number of furan rings is 1. The molecule has 1 aromatic carbocycles. The van der Waals surface area contributed by atoms with Gasteiger partial charge in [0.2, 0.25) is 5.91 Å². The molecule has 0 aliphatic rings. The van der Waals surface area contributed by atoms with Crippen LogP contribution in [-0.4, -0.2) is 53.3 Å². The molecule has 0 spiro atoms. The molecule has 9 nitrogen and oxygen atoms in total. The molecule has 0 saturated carbocycles. The highest BCUT2D eigenvalue weighted by molar-refractivity contribution is 14.0. The van der Waals surface area contributed by atoms with Crippen LogP contribution in [0.4, 0.5) is 5.69 Å². The number of hydrogen-bond donors (Lipinski definition) is 1. The van der Waals surface area contributed by atoms with Crippen LogP contribution in [0.3, 0.4) is 0 Å². The molecule has 0 radical (unpaired) electrons. The number of hydrogen-bond acceptors (Lipinski definition) is 5. The summed E-state index contributed by atoms with van der Waals surface area (Å²) in [6, 6.07) is 9.91. The number of halogens is 1. The molecule has 1 heterocycles. The van der Waals surface area contributed by atoms with Crippen LogP contribution in [0.2, 0.25) is 0 Å². The Labute approximate surface area is 193 Å². The highest BCUT2D eigenvalue weighted by Crippen LogP contribution is 2.12. The molecule has 0 unspecified atom stereocenters. The fourth-order valence-electron chi connectivity index (χ4n) is 2.73. The van der Waals surface area contributed by atoms with Crippen molar-refractivity contribution in [1.82, 2.24) is 15.1 Å². The van der Waals surface area contributed by atoms with Gasteiger partial charge in [-0.3, -0.25) is 14.9 Å². The first-order valence-electron chi connectivity index (χ1n) is 9.47. The van der Waals surface area contributed by atoms with Gasteiger partial charge < -0.3 is 19.5 Å². The van der Waals surface area contributed by atoms with Crippen LogP contribution in [0, 0.1) is 10.1 Å². The number of aliphatic imine (C=N–C) groups is 1. The minimum atomic E-state index is -0.435. The maximum atomic E-state index is 12.4. The van der Waals surface area contributed by atoms with Gasteiger partial charge in [0.25, 0.3) is 5.69 Å². The molecular formula is C20H28IN5O4. The van der Waals surface area contributed by atoms with E-state index < -0.39 is 4.92 Å². The van der Waals surface area contributed by atoms with Gasteiger partial charge in [-0.25, -0.2) is 4.99 Å². The third kappa shape index (κ3) is 7.65. The fraction of sp³-hybridized carbons (Fsp3) is 0.400. The van der Waals surface area contributed by atoms with Crippen LogP contribution in [0.15, 0.2) is 52.1 Å². The lowest BCUT2D eigenvalue weighted by atomic mass is 10.2. The number of non-ortho nitro benzene ring substituents is 1. The molecule has 0 fully saturated rings. The summed E-state index contributed by atoms with van der Waals surface area (Å²) in [7, 11) is 1.80. The normalized spacial score (nSPS) is 10.8. The van der Waals surface area contributed by atoms with Gasteiger partial charge in [0.15, 0.2) is 5.96 Å². The summed E-state index contributed by atoms with van der Waals surface area (Å²) in [5, 5.41) is 14.0. The zero-order chi connectivity index (χ0) is 21.2. The first kappa shape index (κ1) is 25.4. The highest BCUT2D eigenvalue weighted by atomic mass is 127. The molecule has 10 heteroatoms. The summed E-state index contributed by atoms with van der Waals surface area (Å²) in [5.74, 6) is 1.30. The molecule has 164 valence electrons. The van der Waals surface area contributed by atoms with Crippen LogP contribution in [0.25, 0.3) is 0 Å². The van der Waals surface area contributed by atoms with E-state index in [1.54, 1.807) is 41.3 Å². The molecule has 0 saturated heterocycles. The Kier molecular flexibility index (Phi) is 10.9. The Morgan fingerprint density at radius 1 is 1.20 bits per heavy atom. The van der Waals surface area contributed by atoms with Gasteiger partial charge in [0.1, 0.15) is 5.76 Å². The number of nitrogens with zero attached hydrogens (tertiary/aromatic N) is 4. The lowest BCUT2D eigenvalue weighted by Crippen LogP contribution is -2.45. The third-order valence-corrected chi connectivity index (χ3v) is 4.41. The van der Waals surface area contributed by atoms with Crippen LogP contribution in [0.5, 0.6) is 0 Å². The minimum absolute atomic E-state index is 0. The number of guanidine groups is 1. The monoisotopic (exact) mass is 529 g/mol. The summed E-state index contributed by atoms with van der Waals surface area (Å²) < 4.78 is 5.34. The van der Waals surface area contributed by atoms with Crippen LogP contribution in [-0.2, 0) is 17.9 Å². The van der Waals surface area contributed by atoms with Gasteiger partial charge in [-0.2, -0.15) is 0 Å². The van der Waals surface area contributed by atoms with Crippen molar-refractivity contribution in [3.63, 3.8) is 0 Å². The molecule has 2 rings (SSSR count). The first-order valence-corrected chi connectivity index (χ1v) is 9.47. The molecule has 1 amide bonds. The minimum Gasteiger partial charge on any atom is -0.467 e. The van der Waals surface area contributed by atoms with Gasteiger partial charge >= 0.3 is 0 Å². The highest BCUT2D eigenvalue weighted by Gasteiger charge is 2.15. The Balaban J connectivity index is 0.00000450. The lowest BCUT2D eigenvalue weighted by molar-refractivity contribution is -0.384. The Hall–Kier alpha value is -2.63. The van der Waals surface area contributed by atoms with Crippen LogP contribution >= 0.6 is 24.0 Å². The quantitative estimate of drug-likeness (QED) is 0.176. The van der Waals surface area contributed by atoms with E-state index in [2.05, 4.69) is 10.3 Å². The van der Waals surface area contributed by atoms with E-state index in [9.17, 15) is 14.9 Å². The topological polar surface area (TPSA) is 104 Å². The maximum Gasteiger partial charge on any atom is 0.269 e. The van der Waals surface area contributed by atoms with Gasteiger partial charge in [-0.05, 0) is 31.5 Å². The second kappa shape index (κ2) is 12.8. The number of amides is 1. The first-order chi connectivity index (χ1) is 13.9. The van der Waals surface area contributed by atoms with E-state index in [0.29, 0.717) is 32.1 Å². The molecule has 30 heavy (non-hydrogen) atoms. The van der Waals surface area contributed by atoms with Crippen molar-refractivity contribution in [2.24, 2.45) is 4.99 Å². The molecule has 2 aromatic rings. The van der Waals surface area contributed by atoms with Crippen molar-refractivity contribution >= 4 is 41.5 Å². The Morgan fingerprint density at radius 3 is 2.40 bits per heavy atom. The van der Waals surface area contributed by atoms with Crippen molar-refractivity contribution < 1.29 is 14.1 Å². The number of nitrogens with one attached hydrogen (secondary N) is 1. The number of likely N-dealkylation sites (N-methyl/N-ethyl adjacent to an activating group) is 2. The van der Waals surface area contributed by atoms with Gasteiger partial charge in [0, 0.05) is 32.3 Å². The van der Waals surface area contributed by atoms with Gasteiger partial charge in [-0.1, -0.05) is 12.1 Å². The number of benzene rings is 1. The molecule has 0 aliphatic carbocycles. The van der Waals surface area contributed by atoms with E-state index in [1.807, 2.05) is 19.9 Å². The second-order valence-electron chi connectivity index (χ2n) is 6.42. The average Bonchev–Trinajstić information content (AvgIpc) is 3.22. The van der Waals surface area contributed by atoms with Crippen molar-refractivity contribution in [2.75, 3.05) is 26.7 Å². The van der Waals surface area contributed by atoms with E-state index in [4.69, 9.17) is 4.42 Å². The lowest BCUT2D eigenvalue weighted by Gasteiger charge is -2.25.